The Morgan fingerprint density at radius 2 is 1.90 bits per heavy atom. The van der Waals surface area contributed by atoms with Crippen molar-refractivity contribution in [3.8, 4) is 0 Å². The molecule has 4 heteroatoms. The Kier molecular flexibility index (Phi) is 5.97. The quantitative estimate of drug-likeness (QED) is 0.680. The third-order valence-corrected chi connectivity index (χ3v) is 4.83. The topological polar surface area (TPSA) is 12.0 Å². The molecule has 0 aliphatic carbocycles. The van der Waals surface area contributed by atoms with E-state index in [0.717, 1.165) is 21.6 Å². The monoisotopic (exact) mass is 369 g/mol. The van der Waals surface area contributed by atoms with Gasteiger partial charge in [-0.25, -0.2) is 0 Å². The molecule has 20 heavy (non-hydrogen) atoms. The van der Waals surface area contributed by atoms with Crippen molar-refractivity contribution in [1.82, 2.24) is 5.32 Å². The van der Waals surface area contributed by atoms with Gasteiger partial charge < -0.3 is 5.32 Å². The molecule has 2 aromatic rings. The van der Waals surface area contributed by atoms with Crippen molar-refractivity contribution in [3.05, 3.63) is 63.1 Å². The summed E-state index contributed by atoms with van der Waals surface area (Å²) in [6.07, 6.45) is 2.09. The van der Waals surface area contributed by atoms with Gasteiger partial charge in [0.25, 0.3) is 0 Å². The molecule has 0 aliphatic rings. The average molecular weight is 371 g/mol. The first kappa shape index (κ1) is 15.9. The van der Waals surface area contributed by atoms with Crippen molar-refractivity contribution in [2.24, 2.45) is 0 Å². The van der Waals surface area contributed by atoms with E-state index < -0.39 is 0 Å². The Hall–Kier alpha value is -0.480. The fraction of sp³-hybridized carbons (Fsp3) is 0.250. The van der Waals surface area contributed by atoms with E-state index in [0.29, 0.717) is 6.04 Å². The number of thioether (sulfide) groups is 1. The van der Waals surface area contributed by atoms with Gasteiger partial charge in [-0.1, -0.05) is 39.7 Å². The number of benzene rings is 2. The molecule has 0 saturated heterocycles. The van der Waals surface area contributed by atoms with Gasteiger partial charge >= 0.3 is 0 Å². The van der Waals surface area contributed by atoms with Crippen molar-refractivity contribution in [3.63, 3.8) is 0 Å². The molecule has 2 aromatic carbocycles. The van der Waals surface area contributed by atoms with Gasteiger partial charge in [-0.15, -0.1) is 11.8 Å². The van der Waals surface area contributed by atoms with Crippen LogP contribution in [0.5, 0.6) is 0 Å². The van der Waals surface area contributed by atoms with E-state index >= 15 is 0 Å². The van der Waals surface area contributed by atoms with Gasteiger partial charge in [-0.2, -0.15) is 0 Å². The second-order valence-electron chi connectivity index (χ2n) is 4.61. The lowest BCUT2D eigenvalue weighted by Gasteiger charge is -2.15. The van der Waals surface area contributed by atoms with Gasteiger partial charge in [0.2, 0.25) is 0 Å². The molecule has 0 fully saturated rings. The molecule has 0 aromatic heterocycles. The van der Waals surface area contributed by atoms with Crippen LogP contribution in [0.4, 0.5) is 0 Å². The number of rotatable bonds is 5. The molecule has 0 radical (unpaired) electrons. The van der Waals surface area contributed by atoms with Gasteiger partial charge in [-0.3, -0.25) is 0 Å². The lowest BCUT2D eigenvalue weighted by Crippen LogP contribution is -2.18. The minimum atomic E-state index is 0.293. The van der Waals surface area contributed by atoms with Crippen LogP contribution in [0.15, 0.2) is 51.8 Å². The summed E-state index contributed by atoms with van der Waals surface area (Å²) >= 11 is 11.4. The highest BCUT2D eigenvalue weighted by molar-refractivity contribution is 9.10. The van der Waals surface area contributed by atoms with Crippen LogP contribution < -0.4 is 5.32 Å². The van der Waals surface area contributed by atoms with Crippen molar-refractivity contribution in [2.45, 2.75) is 24.4 Å². The largest absolute Gasteiger partial charge is 0.306 e. The molecule has 0 heterocycles. The maximum Gasteiger partial charge on any atom is 0.0451 e. The summed E-state index contributed by atoms with van der Waals surface area (Å²) in [5.74, 6) is 0. The van der Waals surface area contributed by atoms with E-state index in [1.165, 1.54) is 10.5 Å². The zero-order valence-electron chi connectivity index (χ0n) is 11.5. The first-order valence-corrected chi connectivity index (χ1v) is 8.81. The number of halogens is 2. The molecule has 0 saturated carbocycles. The molecular formula is C16H17BrClNS. The van der Waals surface area contributed by atoms with Crippen LogP contribution in [0.25, 0.3) is 0 Å². The third-order valence-electron chi connectivity index (χ3n) is 3.22. The van der Waals surface area contributed by atoms with Crippen molar-refractivity contribution >= 4 is 39.3 Å². The summed E-state index contributed by atoms with van der Waals surface area (Å²) in [7, 11) is 0. The van der Waals surface area contributed by atoms with Crippen LogP contribution >= 0.6 is 39.3 Å². The highest BCUT2D eigenvalue weighted by Gasteiger charge is 2.07. The molecule has 0 amide bonds. The Morgan fingerprint density at radius 1 is 1.20 bits per heavy atom. The molecule has 0 bridgehead atoms. The normalized spacial score (nSPS) is 12.4. The first-order valence-electron chi connectivity index (χ1n) is 6.41. The van der Waals surface area contributed by atoms with E-state index in [-0.39, 0.29) is 0 Å². The SMILES string of the molecule is CSc1ccc(C(C)NCc2cc(Br)ccc2Cl)cc1. The van der Waals surface area contributed by atoms with Crippen LogP contribution in [-0.2, 0) is 6.54 Å². The molecule has 1 unspecified atom stereocenters. The summed E-state index contributed by atoms with van der Waals surface area (Å²) in [6.45, 7) is 2.92. The minimum Gasteiger partial charge on any atom is -0.306 e. The predicted molar refractivity (Wildman–Crippen MR) is 92.6 cm³/mol. The summed E-state index contributed by atoms with van der Waals surface area (Å²) < 4.78 is 1.05. The summed E-state index contributed by atoms with van der Waals surface area (Å²) in [4.78, 5) is 1.29. The number of hydrogen-bond acceptors (Lipinski definition) is 2. The molecule has 0 spiro atoms. The van der Waals surface area contributed by atoms with Gasteiger partial charge in [-0.05, 0) is 54.6 Å². The average Bonchev–Trinajstić information content (AvgIpc) is 2.48. The molecular weight excluding hydrogens is 354 g/mol. The van der Waals surface area contributed by atoms with Gasteiger partial charge in [0.15, 0.2) is 0 Å². The zero-order valence-corrected chi connectivity index (χ0v) is 14.6. The molecule has 1 nitrogen and oxygen atoms in total. The van der Waals surface area contributed by atoms with E-state index in [4.69, 9.17) is 11.6 Å². The van der Waals surface area contributed by atoms with Crippen molar-refractivity contribution in [2.75, 3.05) is 6.26 Å². The Labute approximate surface area is 138 Å². The molecule has 0 aliphatic heterocycles. The molecule has 2 rings (SSSR count). The van der Waals surface area contributed by atoms with Crippen molar-refractivity contribution < 1.29 is 0 Å². The second kappa shape index (κ2) is 7.51. The van der Waals surface area contributed by atoms with Crippen LogP contribution in [-0.4, -0.2) is 6.26 Å². The highest BCUT2D eigenvalue weighted by atomic mass is 79.9. The second-order valence-corrected chi connectivity index (χ2v) is 6.81. The number of hydrogen-bond donors (Lipinski definition) is 1. The maximum absolute atomic E-state index is 6.20. The van der Waals surface area contributed by atoms with E-state index in [1.807, 2.05) is 12.1 Å². The summed E-state index contributed by atoms with van der Waals surface area (Å²) in [6, 6.07) is 14.9. The van der Waals surface area contributed by atoms with Crippen LogP contribution in [0.2, 0.25) is 5.02 Å². The van der Waals surface area contributed by atoms with E-state index in [2.05, 4.69) is 64.8 Å². The standard InChI is InChI=1S/C16H17BrClNS/c1-11(12-3-6-15(20-2)7-4-12)19-10-13-9-14(17)5-8-16(13)18/h3-9,11,19H,10H2,1-2H3. The van der Waals surface area contributed by atoms with Crippen molar-refractivity contribution in [1.29, 1.82) is 0 Å². The maximum atomic E-state index is 6.20. The Balaban J connectivity index is 2.00. The van der Waals surface area contributed by atoms with Gasteiger partial charge in [0, 0.05) is 27.0 Å². The van der Waals surface area contributed by atoms with Gasteiger partial charge in [0.1, 0.15) is 0 Å². The van der Waals surface area contributed by atoms with E-state index in [1.54, 1.807) is 11.8 Å². The molecule has 1 N–H and O–H groups in total. The lowest BCUT2D eigenvalue weighted by molar-refractivity contribution is 0.574. The Bertz CT molecular complexity index is 571. The number of nitrogens with one attached hydrogen (secondary N) is 1. The van der Waals surface area contributed by atoms with E-state index in [9.17, 15) is 0 Å². The minimum absolute atomic E-state index is 0.293. The Morgan fingerprint density at radius 3 is 2.55 bits per heavy atom. The smallest absolute Gasteiger partial charge is 0.0451 e. The summed E-state index contributed by atoms with van der Waals surface area (Å²) in [5, 5.41) is 4.31. The highest BCUT2D eigenvalue weighted by Crippen LogP contribution is 2.23. The fourth-order valence-corrected chi connectivity index (χ4v) is 2.95. The van der Waals surface area contributed by atoms with Gasteiger partial charge in [0.05, 0.1) is 0 Å². The lowest BCUT2D eigenvalue weighted by atomic mass is 10.1. The third kappa shape index (κ3) is 4.26. The van der Waals surface area contributed by atoms with Crippen LogP contribution in [0.3, 0.4) is 0 Å². The van der Waals surface area contributed by atoms with Crippen LogP contribution in [0, 0.1) is 0 Å². The molecule has 1 atom stereocenters. The molecule has 106 valence electrons. The summed E-state index contributed by atoms with van der Waals surface area (Å²) in [5.41, 5.74) is 2.39. The van der Waals surface area contributed by atoms with Crippen LogP contribution in [0.1, 0.15) is 24.1 Å². The predicted octanol–water partition coefficient (Wildman–Crippen LogP) is 5.68. The fourth-order valence-electron chi connectivity index (χ4n) is 1.95. The first-order chi connectivity index (χ1) is 9.60. The zero-order chi connectivity index (χ0) is 14.5.